The zero-order valence-electron chi connectivity index (χ0n) is 10.9. The van der Waals surface area contributed by atoms with Crippen molar-refractivity contribution in [3.05, 3.63) is 52.2 Å². The lowest BCUT2D eigenvalue weighted by Crippen LogP contribution is -2.24. The first-order chi connectivity index (χ1) is 9.15. The fraction of sp³-hybridized carbons (Fsp3) is 0.214. The highest BCUT2D eigenvalue weighted by Gasteiger charge is 2.06. The van der Waals surface area contributed by atoms with E-state index >= 15 is 0 Å². The summed E-state index contributed by atoms with van der Waals surface area (Å²) in [4.78, 5) is 22.0. The molecule has 0 aromatic carbocycles. The molecule has 0 bridgehead atoms. The van der Waals surface area contributed by atoms with Crippen molar-refractivity contribution in [1.29, 1.82) is 0 Å². The Bertz CT molecular complexity index is 577. The zero-order chi connectivity index (χ0) is 13.7. The quantitative estimate of drug-likeness (QED) is 0.804. The van der Waals surface area contributed by atoms with E-state index in [1.54, 1.807) is 35.6 Å². The van der Waals surface area contributed by atoms with Crippen LogP contribution in [0.25, 0.3) is 6.08 Å². The van der Waals surface area contributed by atoms with Gasteiger partial charge in [-0.15, -0.1) is 11.3 Å². The van der Waals surface area contributed by atoms with Crippen LogP contribution in [-0.4, -0.2) is 27.8 Å². The molecule has 4 nitrogen and oxygen atoms in total. The largest absolute Gasteiger partial charge is 0.336 e. The second-order valence-electron chi connectivity index (χ2n) is 4.14. The molecule has 0 aliphatic rings. The molecule has 5 heteroatoms. The van der Waals surface area contributed by atoms with E-state index in [9.17, 15) is 4.79 Å². The summed E-state index contributed by atoms with van der Waals surface area (Å²) in [5, 5.41) is 2.92. The Morgan fingerprint density at radius 2 is 2.32 bits per heavy atom. The molecule has 0 aliphatic carbocycles. The van der Waals surface area contributed by atoms with Crippen molar-refractivity contribution in [2.24, 2.45) is 0 Å². The van der Waals surface area contributed by atoms with E-state index in [1.807, 2.05) is 30.5 Å². The second kappa shape index (κ2) is 6.24. The third-order valence-electron chi connectivity index (χ3n) is 2.53. The molecule has 0 saturated heterocycles. The minimum Gasteiger partial charge on any atom is -0.336 e. The van der Waals surface area contributed by atoms with E-state index in [0.717, 1.165) is 16.4 Å². The van der Waals surface area contributed by atoms with Crippen molar-refractivity contribution < 1.29 is 4.79 Å². The number of pyridine rings is 1. The van der Waals surface area contributed by atoms with Gasteiger partial charge in [0.05, 0.1) is 22.9 Å². The van der Waals surface area contributed by atoms with Gasteiger partial charge < -0.3 is 4.90 Å². The van der Waals surface area contributed by atoms with Crippen molar-refractivity contribution in [3.63, 3.8) is 0 Å². The summed E-state index contributed by atoms with van der Waals surface area (Å²) in [5.74, 6) is -0.0590. The predicted octanol–water partition coefficient (Wildman–Crippen LogP) is 2.52. The topological polar surface area (TPSA) is 46.1 Å². The van der Waals surface area contributed by atoms with Crippen LogP contribution in [0.1, 0.15) is 16.4 Å². The van der Waals surface area contributed by atoms with Crippen LogP contribution in [0.3, 0.4) is 0 Å². The number of nitrogens with zero attached hydrogens (tertiary/aromatic N) is 3. The number of hydrogen-bond donors (Lipinski definition) is 0. The average molecular weight is 273 g/mol. The van der Waals surface area contributed by atoms with Gasteiger partial charge in [-0.2, -0.15) is 0 Å². The molecule has 0 spiro atoms. The molecule has 98 valence electrons. The van der Waals surface area contributed by atoms with Crippen molar-refractivity contribution in [2.45, 2.75) is 13.5 Å². The molecule has 0 unspecified atom stereocenters. The Balaban J connectivity index is 1.94. The van der Waals surface area contributed by atoms with Crippen LogP contribution < -0.4 is 0 Å². The van der Waals surface area contributed by atoms with E-state index in [0.29, 0.717) is 6.54 Å². The van der Waals surface area contributed by atoms with Gasteiger partial charge >= 0.3 is 0 Å². The van der Waals surface area contributed by atoms with Crippen LogP contribution in [0.15, 0.2) is 35.9 Å². The third kappa shape index (κ3) is 3.99. The van der Waals surface area contributed by atoms with Crippen LogP contribution in [0.4, 0.5) is 0 Å². The minimum atomic E-state index is -0.0590. The summed E-state index contributed by atoms with van der Waals surface area (Å²) in [7, 11) is 1.76. The van der Waals surface area contributed by atoms with E-state index in [1.165, 1.54) is 6.08 Å². The summed E-state index contributed by atoms with van der Waals surface area (Å²) >= 11 is 1.57. The summed E-state index contributed by atoms with van der Waals surface area (Å²) in [5.41, 5.74) is 1.69. The molecule has 0 fully saturated rings. The van der Waals surface area contributed by atoms with Crippen molar-refractivity contribution >= 4 is 23.3 Å². The standard InChI is InChI=1S/C14H15N3OS/c1-11-16-13(10-19-11)6-7-14(18)17(2)9-12-5-3-4-8-15-12/h3-8,10H,9H2,1-2H3/b7-6+. The first kappa shape index (κ1) is 13.4. The predicted molar refractivity (Wildman–Crippen MR) is 76.6 cm³/mol. The zero-order valence-corrected chi connectivity index (χ0v) is 11.7. The fourth-order valence-corrected chi connectivity index (χ4v) is 2.13. The minimum absolute atomic E-state index is 0.0590. The number of carbonyl (C=O) groups is 1. The Hall–Kier alpha value is -2.01. The number of aromatic nitrogens is 2. The first-order valence-corrected chi connectivity index (χ1v) is 6.78. The lowest BCUT2D eigenvalue weighted by Gasteiger charge is -2.14. The van der Waals surface area contributed by atoms with Gasteiger partial charge in [0.25, 0.3) is 0 Å². The highest BCUT2D eigenvalue weighted by molar-refractivity contribution is 7.09. The molecular formula is C14H15N3OS. The maximum Gasteiger partial charge on any atom is 0.246 e. The van der Waals surface area contributed by atoms with Crippen molar-refractivity contribution in [2.75, 3.05) is 7.05 Å². The molecule has 0 radical (unpaired) electrons. The molecular weight excluding hydrogens is 258 g/mol. The van der Waals surface area contributed by atoms with Crippen LogP contribution >= 0.6 is 11.3 Å². The number of thiazole rings is 1. The molecule has 0 saturated carbocycles. The Labute approximate surface area is 116 Å². The van der Waals surface area contributed by atoms with Gasteiger partial charge in [0.1, 0.15) is 0 Å². The third-order valence-corrected chi connectivity index (χ3v) is 3.33. The summed E-state index contributed by atoms with van der Waals surface area (Å²) in [6, 6.07) is 5.67. The van der Waals surface area contributed by atoms with Gasteiger partial charge in [-0.3, -0.25) is 9.78 Å². The van der Waals surface area contributed by atoms with Crippen molar-refractivity contribution in [1.82, 2.24) is 14.9 Å². The van der Waals surface area contributed by atoms with Gasteiger partial charge in [-0.1, -0.05) is 6.07 Å². The molecule has 1 amide bonds. The first-order valence-electron chi connectivity index (χ1n) is 5.90. The highest BCUT2D eigenvalue weighted by Crippen LogP contribution is 2.09. The number of aryl methyl sites for hydroxylation is 1. The molecule has 0 atom stereocenters. The molecule has 19 heavy (non-hydrogen) atoms. The smallest absolute Gasteiger partial charge is 0.246 e. The lowest BCUT2D eigenvalue weighted by atomic mass is 10.3. The van der Waals surface area contributed by atoms with Crippen molar-refractivity contribution in [3.8, 4) is 0 Å². The summed E-state index contributed by atoms with van der Waals surface area (Å²) in [6.45, 7) is 2.44. The highest BCUT2D eigenvalue weighted by atomic mass is 32.1. The SMILES string of the molecule is Cc1nc(/C=C/C(=O)N(C)Cc2ccccn2)cs1. The number of carbonyl (C=O) groups excluding carboxylic acids is 1. The van der Waals surface area contributed by atoms with Gasteiger partial charge in [0.15, 0.2) is 0 Å². The maximum absolute atomic E-state index is 11.9. The molecule has 2 aromatic heterocycles. The van der Waals surface area contributed by atoms with Crippen LogP contribution in [0, 0.1) is 6.92 Å². The van der Waals surface area contributed by atoms with Gasteiger partial charge in [-0.25, -0.2) is 4.98 Å². The van der Waals surface area contributed by atoms with Crippen LogP contribution in [0.2, 0.25) is 0 Å². The normalized spacial score (nSPS) is 10.8. The van der Waals surface area contributed by atoms with Gasteiger partial charge in [0, 0.05) is 24.7 Å². The Morgan fingerprint density at radius 1 is 1.47 bits per heavy atom. The van der Waals surface area contributed by atoms with Gasteiger partial charge in [-0.05, 0) is 25.1 Å². The molecule has 2 heterocycles. The van der Waals surface area contributed by atoms with E-state index < -0.39 is 0 Å². The fourth-order valence-electron chi connectivity index (χ4n) is 1.55. The molecule has 2 aromatic rings. The van der Waals surface area contributed by atoms with E-state index in [4.69, 9.17) is 0 Å². The summed E-state index contributed by atoms with van der Waals surface area (Å²) in [6.07, 6.45) is 5.00. The summed E-state index contributed by atoms with van der Waals surface area (Å²) < 4.78 is 0. The van der Waals surface area contributed by atoms with Crippen LogP contribution in [0.5, 0.6) is 0 Å². The second-order valence-corrected chi connectivity index (χ2v) is 5.20. The number of hydrogen-bond acceptors (Lipinski definition) is 4. The number of amides is 1. The molecule has 0 N–H and O–H groups in total. The average Bonchev–Trinajstić information content (AvgIpc) is 2.83. The van der Waals surface area contributed by atoms with Crippen LogP contribution in [-0.2, 0) is 11.3 Å². The Morgan fingerprint density at radius 3 is 2.95 bits per heavy atom. The number of likely N-dealkylation sites (N-methyl/N-ethyl adjacent to an activating group) is 1. The monoisotopic (exact) mass is 273 g/mol. The van der Waals surface area contributed by atoms with Gasteiger partial charge in [0.2, 0.25) is 5.91 Å². The molecule has 0 aliphatic heterocycles. The maximum atomic E-state index is 11.9. The Kier molecular flexibility index (Phi) is 4.41. The lowest BCUT2D eigenvalue weighted by molar-refractivity contribution is -0.125. The molecule has 2 rings (SSSR count). The number of rotatable bonds is 4. The van der Waals surface area contributed by atoms with E-state index in [2.05, 4.69) is 9.97 Å². The van der Waals surface area contributed by atoms with E-state index in [-0.39, 0.29) is 5.91 Å².